The number of hydrogen-bond donors (Lipinski definition) is 1. The summed E-state index contributed by atoms with van der Waals surface area (Å²) in [5, 5.41) is 0. The first-order valence-corrected chi connectivity index (χ1v) is 6.62. The Balaban J connectivity index is 2.35. The monoisotopic (exact) mass is 239 g/mol. The zero-order valence-corrected chi connectivity index (χ0v) is 10.5. The Labute approximate surface area is 100.0 Å². The molecule has 5 heteroatoms. The van der Waals surface area contributed by atoms with E-state index in [0.717, 1.165) is 40.9 Å². The highest BCUT2D eigenvalue weighted by atomic mass is 32.2. The van der Waals surface area contributed by atoms with Crippen molar-refractivity contribution in [3.63, 3.8) is 0 Å². The van der Waals surface area contributed by atoms with Crippen molar-refractivity contribution in [2.45, 2.75) is 31.6 Å². The van der Waals surface area contributed by atoms with Crippen LogP contribution in [0.2, 0.25) is 0 Å². The van der Waals surface area contributed by atoms with Gasteiger partial charge in [-0.3, -0.25) is 0 Å². The van der Waals surface area contributed by atoms with Crippen LogP contribution in [0.4, 0.5) is 0 Å². The predicted molar refractivity (Wildman–Crippen MR) is 65.8 cm³/mol. The van der Waals surface area contributed by atoms with E-state index in [9.17, 15) is 0 Å². The standard InChI is InChI=1S/C11H17N3OS/c1-7(12)5-10-13-9-3-4-16-6-8(9)11(14-10)15-2/h7H,3-6,12H2,1-2H3. The van der Waals surface area contributed by atoms with E-state index in [1.807, 2.05) is 18.7 Å². The second kappa shape index (κ2) is 5.01. The Morgan fingerprint density at radius 2 is 2.31 bits per heavy atom. The largest absolute Gasteiger partial charge is 0.481 e. The molecule has 0 saturated carbocycles. The number of fused-ring (bicyclic) bond motifs is 1. The number of rotatable bonds is 3. The van der Waals surface area contributed by atoms with E-state index >= 15 is 0 Å². The van der Waals surface area contributed by atoms with Gasteiger partial charge in [0.15, 0.2) is 0 Å². The average Bonchev–Trinajstić information content (AvgIpc) is 2.27. The van der Waals surface area contributed by atoms with Crippen molar-refractivity contribution in [3.8, 4) is 5.88 Å². The van der Waals surface area contributed by atoms with Crippen molar-refractivity contribution in [2.24, 2.45) is 5.73 Å². The van der Waals surface area contributed by atoms with Gasteiger partial charge in [0.05, 0.1) is 12.8 Å². The fourth-order valence-electron chi connectivity index (χ4n) is 1.80. The van der Waals surface area contributed by atoms with Crippen LogP contribution in [0.25, 0.3) is 0 Å². The molecule has 1 aliphatic rings. The maximum absolute atomic E-state index is 5.77. The molecule has 0 aliphatic carbocycles. The summed E-state index contributed by atoms with van der Waals surface area (Å²) >= 11 is 1.90. The number of aryl methyl sites for hydroxylation is 1. The molecule has 2 N–H and O–H groups in total. The lowest BCUT2D eigenvalue weighted by molar-refractivity contribution is 0.389. The first kappa shape index (κ1) is 11.7. The number of aromatic nitrogens is 2. The number of nitrogens with two attached hydrogens (primary N) is 1. The molecule has 1 atom stereocenters. The van der Waals surface area contributed by atoms with Crippen LogP contribution in [0.5, 0.6) is 5.88 Å². The fourth-order valence-corrected chi connectivity index (χ4v) is 2.78. The molecule has 0 saturated heterocycles. The maximum Gasteiger partial charge on any atom is 0.220 e. The maximum atomic E-state index is 5.77. The van der Waals surface area contributed by atoms with Gasteiger partial charge in [0.1, 0.15) is 5.82 Å². The fraction of sp³-hybridized carbons (Fsp3) is 0.636. The molecule has 1 unspecified atom stereocenters. The highest BCUT2D eigenvalue weighted by molar-refractivity contribution is 7.98. The Hall–Kier alpha value is -0.810. The number of methoxy groups -OCH3 is 1. The summed E-state index contributed by atoms with van der Waals surface area (Å²) in [5.41, 5.74) is 8.07. The normalized spacial score (nSPS) is 16.7. The molecule has 0 aromatic carbocycles. The molecule has 0 spiro atoms. The van der Waals surface area contributed by atoms with Gasteiger partial charge in [-0.25, -0.2) is 4.98 Å². The van der Waals surface area contributed by atoms with Gasteiger partial charge in [-0.2, -0.15) is 16.7 Å². The smallest absolute Gasteiger partial charge is 0.220 e. The van der Waals surface area contributed by atoms with Crippen molar-refractivity contribution in [2.75, 3.05) is 12.9 Å². The topological polar surface area (TPSA) is 61.0 Å². The Kier molecular flexibility index (Phi) is 3.66. The minimum atomic E-state index is 0.0840. The number of thioether (sulfide) groups is 1. The van der Waals surface area contributed by atoms with Gasteiger partial charge >= 0.3 is 0 Å². The number of hydrogen-bond acceptors (Lipinski definition) is 5. The van der Waals surface area contributed by atoms with Gasteiger partial charge in [0.25, 0.3) is 0 Å². The summed E-state index contributed by atoms with van der Waals surface area (Å²) in [6.07, 6.45) is 1.71. The van der Waals surface area contributed by atoms with E-state index in [2.05, 4.69) is 9.97 Å². The molecule has 0 bridgehead atoms. The minimum absolute atomic E-state index is 0.0840. The van der Waals surface area contributed by atoms with Crippen LogP contribution in [-0.4, -0.2) is 28.9 Å². The highest BCUT2D eigenvalue weighted by Crippen LogP contribution is 2.29. The van der Waals surface area contributed by atoms with Crippen LogP contribution in [0.15, 0.2) is 0 Å². The SMILES string of the molecule is COc1nc(CC(C)N)nc2c1CSCC2. The third-order valence-corrected chi connectivity index (χ3v) is 3.51. The van der Waals surface area contributed by atoms with Crippen molar-refractivity contribution in [1.29, 1.82) is 0 Å². The number of ether oxygens (including phenoxy) is 1. The van der Waals surface area contributed by atoms with E-state index in [0.29, 0.717) is 6.42 Å². The third kappa shape index (κ3) is 2.47. The Morgan fingerprint density at radius 3 is 3.00 bits per heavy atom. The highest BCUT2D eigenvalue weighted by Gasteiger charge is 2.18. The van der Waals surface area contributed by atoms with Gasteiger partial charge in [0.2, 0.25) is 5.88 Å². The van der Waals surface area contributed by atoms with Gasteiger partial charge in [-0.1, -0.05) is 0 Å². The zero-order chi connectivity index (χ0) is 11.5. The quantitative estimate of drug-likeness (QED) is 0.857. The van der Waals surface area contributed by atoms with Crippen LogP contribution >= 0.6 is 11.8 Å². The summed E-state index contributed by atoms with van der Waals surface area (Å²) < 4.78 is 5.33. The van der Waals surface area contributed by atoms with E-state index in [4.69, 9.17) is 10.5 Å². The van der Waals surface area contributed by atoms with E-state index in [-0.39, 0.29) is 6.04 Å². The minimum Gasteiger partial charge on any atom is -0.481 e. The molecular formula is C11H17N3OS. The molecule has 4 nitrogen and oxygen atoms in total. The summed E-state index contributed by atoms with van der Waals surface area (Å²) in [7, 11) is 1.66. The van der Waals surface area contributed by atoms with E-state index in [1.165, 1.54) is 0 Å². The van der Waals surface area contributed by atoms with Crippen LogP contribution in [0.1, 0.15) is 24.0 Å². The van der Waals surface area contributed by atoms with Crippen molar-refractivity contribution < 1.29 is 4.74 Å². The molecule has 1 aromatic heterocycles. The lowest BCUT2D eigenvalue weighted by Gasteiger charge is -2.18. The molecule has 0 fully saturated rings. The van der Waals surface area contributed by atoms with Gasteiger partial charge in [-0.05, 0) is 19.1 Å². The Morgan fingerprint density at radius 1 is 1.50 bits per heavy atom. The van der Waals surface area contributed by atoms with Crippen molar-refractivity contribution in [3.05, 3.63) is 17.1 Å². The molecular weight excluding hydrogens is 222 g/mol. The predicted octanol–water partition coefficient (Wildman–Crippen LogP) is 1.16. The molecule has 1 aliphatic heterocycles. The molecule has 2 rings (SSSR count). The third-order valence-electron chi connectivity index (χ3n) is 2.53. The Bertz CT molecular complexity index is 364. The molecule has 2 heterocycles. The average molecular weight is 239 g/mol. The van der Waals surface area contributed by atoms with Crippen LogP contribution in [-0.2, 0) is 18.6 Å². The van der Waals surface area contributed by atoms with Crippen LogP contribution in [0.3, 0.4) is 0 Å². The molecule has 0 amide bonds. The van der Waals surface area contributed by atoms with Crippen molar-refractivity contribution in [1.82, 2.24) is 9.97 Å². The summed E-state index contributed by atoms with van der Waals surface area (Å²) in [6.45, 7) is 1.96. The summed E-state index contributed by atoms with van der Waals surface area (Å²) in [5.74, 6) is 3.62. The van der Waals surface area contributed by atoms with Crippen molar-refractivity contribution >= 4 is 11.8 Å². The summed E-state index contributed by atoms with van der Waals surface area (Å²) in [4.78, 5) is 9.00. The molecule has 88 valence electrons. The lowest BCUT2D eigenvalue weighted by Crippen LogP contribution is -2.21. The number of nitrogens with zero attached hydrogens (tertiary/aromatic N) is 2. The van der Waals surface area contributed by atoms with Gasteiger partial charge in [-0.15, -0.1) is 0 Å². The lowest BCUT2D eigenvalue weighted by atomic mass is 10.1. The summed E-state index contributed by atoms with van der Waals surface area (Å²) in [6, 6.07) is 0.0840. The second-order valence-corrected chi connectivity index (χ2v) is 5.16. The van der Waals surface area contributed by atoms with Gasteiger partial charge in [0, 0.05) is 23.8 Å². The zero-order valence-electron chi connectivity index (χ0n) is 9.69. The molecule has 16 heavy (non-hydrogen) atoms. The first-order valence-electron chi connectivity index (χ1n) is 5.46. The molecule has 0 radical (unpaired) electrons. The van der Waals surface area contributed by atoms with E-state index in [1.54, 1.807) is 7.11 Å². The molecule has 1 aromatic rings. The van der Waals surface area contributed by atoms with Gasteiger partial charge < -0.3 is 10.5 Å². The first-order chi connectivity index (χ1) is 7.70. The second-order valence-electron chi connectivity index (χ2n) is 4.06. The van der Waals surface area contributed by atoms with Crippen LogP contribution < -0.4 is 10.5 Å². The van der Waals surface area contributed by atoms with E-state index < -0.39 is 0 Å². The van der Waals surface area contributed by atoms with Crippen LogP contribution in [0, 0.1) is 0 Å².